The number of allylic oxidation sites excluding steroid dienone is 4. The minimum absolute atomic E-state index is 0.0137. The number of amides is 3. The summed E-state index contributed by atoms with van der Waals surface area (Å²) < 4.78 is 0. The number of aromatic amines is 2. The van der Waals surface area contributed by atoms with Gasteiger partial charge in [-0.25, -0.2) is 9.97 Å². The number of anilines is 1. The summed E-state index contributed by atoms with van der Waals surface area (Å²) >= 11 is 0. The Morgan fingerprint density at radius 1 is 0.671 bits per heavy atom. The minimum atomic E-state index is -1.34. The van der Waals surface area contributed by atoms with Crippen molar-refractivity contribution in [3.63, 3.8) is 0 Å². The van der Waals surface area contributed by atoms with Crippen molar-refractivity contribution in [2.24, 2.45) is 0 Å². The van der Waals surface area contributed by atoms with Gasteiger partial charge in [-0.2, -0.15) is 0 Å². The van der Waals surface area contributed by atoms with Gasteiger partial charge in [0.25, 0.3) is 11.8 Å². The molecule has 8 N–H and O–H groups in total. The highest BCUT2D eigenvalue weighted by Crippen LogP contribution is 2.45. The van der Waals surface area contributed by atoms with Crippen molar-refractivity contribution in [2.45, 2.75) is 124 Å². The highest BCUT2D eigenvalue weighted by molar-refractivity contribution is 6.23. The van der Waals surface area contributed by atoms with Gasteiger partial charge in [0.1, 0.15) is 0 Å². The Balaban J connectivity index is 1.22. The topological polar surface area (TPSA) is 320 Å². The number of carbonyl (C=O) groups is 8. The number of rotatable bonds is 29. The van der Waals surface area contributed by atoms with E-state index in [4.69, 9.17) is 9.97 Å². The molecule has 0 aliphatic carbocycles. The zero-order chi connectivity index (χ0) is 59.7. The van der Waals surface area contributed by atoms with Gasteiger partial charge in [0.05, 0.1) is 72.1 Å². The predicted molar refractivity (Wildman–Crippen MR) is 308 cm³/mol. The fraction of sp³-hybridized carbons (Fsp3) is 0.467. The van der Waals surface area contributed by atoms with Crippen LogP contribution in [0.2, 0.25) is 0 Å². The number of nitrogens with zero attached hydrogens (tertiary/aromatic N) is 6. The van der Waals surface area contributed by atoms with Crippen molar-refractivity contribution in [3.05, 3.63) is 98.9 Å². The number of nitrogens with one attached hydrogen (secondary N) is 3. The molecule has 0 saturated heterocycles. The Morgan fingerprint density at radius 2 is 1.22 bits per heavy atom. The number of imide groups is 1. The van der Waals surface area contributed by atoms with E-state index in [1.54, 1.807) is 24.3 Å². The average Bonchev–Trinajstić information content (AvgIpc) is 3.79. The number of aryl methyl sites for hydroxylation is 1. The molecular weight excluding hydrogens is 1050 g/mol. The molecule has 3 atom stereocenters. The van der Waals surface area contributed by atoms with E-state index < -0.39 is 80.4 Å². The molecule has 0 spiro atoms. The van der Waals surface area contributed by atoms with Gasteiger partial charge in [0.15, 0.2) is 0 Å². The molecule has 4 aliphatic rings. The molecule has 1 aromatic carbocycles. The first kappa shape index (κ1) is 61.5. The zero-order valence-electron chi connectivity index (χ0n) is 47.7. The summed E-state index contributed by atoms with van der Waals surface area (Å²) in [4.78, 5) is 125. The lowest BCUT2D eigenvalue weighted by molar-refractivity contribution is -0.144. The van der Waals surface area contributed by atoms with Crippen LogP contribution in [0.3, 0.4) is 0 Å². The molecule has 0 saturated carbocycles. The van der Waals surface area contributed by atoms with E-state index in [0.717, 1.165) is 81.3 Å². The standard InChI is InChI=1S/C60H75N9O13/c1-8-11-12-13-20-69-59(81)55-36(7)46-26-48-41(10-3)34(5)44(63-48)25-47-40(9-2)33(4)43(62-47)24-45-35(6)42(57(64-45)56(60(69)82)58(55)65-46)18-19-49(70)61-38-16-14-37(15-17-38)23-39(68(31-53(77)78)32-54(79)80)27-66(28-50(71)72)21-22-67(29-51(73)74)30-52(75)76/h14-17,24-26,35,39,42,64-65H,8-13,18-23,27-32H2,1-7H3,(H,61,70)(H,71,72)(H,73,74)(H,75,76)(H,77,78)(H,79,80)/t35-,39?,42-/m0/s1. The van der Waals surface area contributed by atoms with E-state index in [1.807, 2.05) is 25.1 Å². The maximum atomic E-state index is 15.1. The van der Waals surface area contributed by atoms with Gasteiger partial charge in [-0.3, -0.25) is 58.0 Å². The van der Waals surface area contributed by atoms with Crippen LogP contribution in [0.15, 0.2) is 42.5 Å². The SMILES string of the molecule is CCCCCCN1C(=O)c2c3[nH]c(cc4nc(cc5nc(cc6[nH]c2c(c6C)C1=O)C(CC)=C5C)C(CC)=C4C)[C@@H](C)[C@@H]3CCC(=O)Nc1ccc(CC(CN(CCN(CC(=O)O)CC(=O)O)CC(=O)O)N(CC(=O)O)CC(=O)O)cc1. The van der Waals surface area contributed by atoms with Crippen molar-refractivity contribution in [1.29, 1.82) is 0 Å². The lowest BCUT2D eigenvalue weighted by Gasteiger charge is -2.34. The van der Waals surface area contributed by atoms with E-state index >= 15 is 4.79 Å². The summed E-state index contributed by atoms with van der Waals surface area (Å²) in [6.45, 7) is 10.7. The molecule has 2 aromatic heterocycles. The first-order valence-electron chi connectivity index (χ1n) is 28.0. The van der Waals surface area contributed by atoms with Crippen LogP contribution < -0.4 is 5.32 Å². The summed E-state index contributed by atoms with van der Waals surface area (Å²) in [5, 5.41) is 51.1. The molecule has 0 radical (unpaired) electrons. The Morgan fingerprint density at radius 3 is 1.79 bits per heavy atom. The summed E-state index contributed by atoms with van der Waals surface area (Å²) in [5.41, 5.74) is 12.3. The number of carboxylic acid groups (broad SMARTS) is 5. The van der Waals surface area contributed by atoms with E-state index in [-0.39, 0.29) is 63.2 Å². The van der Waals surface area contributed by atoms with Crippen molar-refractivity contribution in [3.8, 4) is 0 Å². The lowest BCUT2D eigenvalue weighted by Crippen LogP contribution is -2.51. The number of carbonyl (C=O) groups excluding carboxylic acids is 3. The molecule has 82 heavy (non-hydrogen) atoms. The van der Waals surface area contributed by atoms with Gasteiger partial charge >= 0.3 is 29.8 Å². The Kier molecular flexibility index (Phi) is 20.4. The smallest absolute Gasteiger partial charge is 0.317 e. The molecule has 6 heterocycles. The number of benzene rings is 1. The fourth-order valence-corrected chi connectivity index (χ4v) is 11.6. The molecule has 0 fully saturated rings. The molecule has 7 rings (SSSR count). The molecule has 22 heteroatoms. The zero-order valence-corrected chi connectivity index (χ0v) is 47.7. The first-order chi connectivity index (χ1) is 39.0. The van der Waals surface area contributed by atoms with E-state index in [2.05, 4.69) is 56.8 Å². The van der Waals surface area contributed by atoms with E-state index in [1.165, 1.54) is 14.7 Å². The van der Waals surface area contributed by atoms with Crippen LogP contribution >= 0.6 is 0 Å². The van der Waals surface area contributed by atoms with Gasteiger partial charge < -0.3 is 40.8 Å². The van der Waals surface area contributed by atoms with Gasteiger partial charge in [-0.1, -0.05) is 59.1 Å². The minimum Gasteiger partial charge on any atom is -0.480 e. The third kappa shape index (κ3) is 14.5. The third-order valence-electron chi connectivity index (χ3n) is 15.9. The van der Waals surface area contributed by atoms with Crippen molar-refractivity contribution in [1.82, 2.24) is 39.5 Å². The second kappa shape index (κ2) is 27.1. The molecule has 3 amide bonds. The maximum absolute atomic E-state index is 15.1. The van der Waals surface area contributed by atoms with Crippen LogP contribution in [0.5, 0.6) is 0 Å². The predicted octanol–water partition coefficient (Wildman–Crippen LogP) is 7.75. The van der Waals surface area contributed by atoms with Crippen molar-refractivity contribution < 1.29 is 63.9 Å². The molecule has 22 nitrogen and oxygen atoms in total. The van der Waals surface area contributed by atoms with Crippen LogP contribution in [-0.4, -0.2) is 178 Å². The van der Waals surface area contributed by atoms with Crippen LogP contribution in [0.1, 0.15) is 171 Å². The third-order valence-corrected chi connectivity index (χ3v) is 15.9. The largest absolute Gasteiger partial charge is 0.480 e. The number of hydrogen-bond acceptors (Lipinski definition) is 13. The van der Waals surface area contributed by atoms with Crippen LogP contribution in [-0.2, 0) is 35.2 Å². The Bertz CT molecular complexity index is 3250. The quantitative estimate of drug-likeness (QED) is 0.0243. The van der Waals surface area contributed by atoms with Gasteiger partial charge in [0, 0.05) is 73.1 Å². The first-order valence-corrected chi connectivity index (χ1v) is 28.0. The molecular formula is C60H75N9O13. The molecule has 4 aliphatic heterocycles. The van der Waals surface area contributed by atoms with Crippen LogP contribution in [0.4, 0.5) is 5.69 Å². The van der Waals surface area contributed by atoms with Gasteiger partial charge in [0.2, 0.25) is 5.91 Å². The van der Waals surface area contributed by atoms with E-state index in [9.17, 15) is 59.1 Å². The maximum Gasteiger partial charge on any atom is 0.317 e. The number of fused-ring (bicyclic) bond motifs is 8. The summed E-state index contributed by atoms with van der Waals surface area (Å²) in [6.07, 6.45) is 5.18. The molecule has 1 unspecified atom stereocenters. The van der Waals surface area contributed by atoms with E-state index in [0.29, 0.717) is 57.5 Å². The molecule has 8 bridgehead atoms. The van der Waals surface area contributed by atoms with Gasteiger partial charge in [-0.15, -0.1) is 0 Å². The highest BCUT2D eigenvalue weighted by atomic mass is 16.4. The average molecular weight is 1130 g/mol. The molecule has 438 valence electrons. The Hall–Kier alpha value is -8.08. The molecule has 3 aromatic rings. The summed E-state index contributed by atoms with van der Waals surface area (Å²) in [5.74, 6) is -8.35. The summed E-state index contributed by atoms with van der Waals surface area (Å²) in [6, 6.07) is 11.7. The number of aromatic nitrogens is 4. The van der Waals surface area contributed by atoms with Crippen molar-refractivity contribution >= 4 is 86.6 Å². The number of hydrogen-bond donors (Lipinski definition) is 8. The Labute approximate surface area is 475 Å². The normalized spacial score (nSPS) is 15.9. The van der Waals surface area contributed by atoms with Crippen LogP contribution in [0.25, 0.3) is 33.3 Å². The number of aliphatic carboxylic acids is 5. The second-order valence-corrected chi connectivity index (χ2v) is 21.6. The van der Waals surface area contributed by atoms with Crippen LogP contribution in [0, 0.1) is 6.92 Å². The van der Waals surface area contributed by atoms with Crippen molar-refractivity contribution in [2.75, 3.05) is 64.2 Å². The monoisotopic (exact) mass is 1130 g/mol. The fourth-order valence-electron chi connectivity index (χ4n) is 11.6. The van der Waals surface area contributed by atoms with Gasteiger partial charge in [-0.05, 0) is 117 Å². The second-order valence-electron chi connectivity index (χ2n) is 21.6. The summed E-state index contributed by atoms with van der Waals surface area (Å²) in [7, 11) is 0. The lowest BCUT2D eigenvalue weighted by atomic mass is 9.84. The highest BCUT2D eigenvalue weighted by Gasteiger charge is 2.41. The number of unbranched alkanes of at least 4 members (excludes halogenated alkanes) is 3. The number of H-pyrrole nitrogens is 2. The number of carboxylic acids is 5.